The van der Waals surface area contributed by atoms with Crippen molar-refractivity contribution in [2.24, 2.45) is 4.99 Å². The summed E-state index contributed by atoms with van der Waals surface area (Å²) in [4.78, 5) is 11.9. The van der Waals surface area contributed by atoms with Gasteiger partial charge in [0, 0.05) is 22.5 Å². The molecule has 1 fully saturated rings. The zero-order chi connectivity index (χ0) is 18.3. The van der Waals surface area contributed by atoms with Crippen molar-refractivity contribution in [2.75, 3.05) is 13.2 Å². The van der Waals surface area contributed by atoms with Crippen LogP contribution in [0.25, 0.3) is 0 Å². The Morgan fingerprint density at radius 3 is 2.96 bits per heavy atom. The minimum atomic E-state index is -0.0819. The largest absolute Gasteiger partial charge is 0.504 e. The van der Waals surface area contributed by atoms with Crippen LogP contribution < -0.4 is 4.74 Å². The highest BCUT2D eigenvalue weighted by Gasteiger charge is 2.44. The normalized spacial score (nSPS) is 24.5. The van der Waals surface area contributed by atoms with Crippen LogP contribution in [0.5, 0.6) is 11.5 Å². The number of fused-ring (bicyclic) bond motifs is 1. The molecule has 0 bridgehead atoms. The standard InChI is InChI=1S/C19H20BrN3O2S/c1-3-25-16-8-12(13(20)9-15(16)24)18-17(14-6-4-5-7-21-14)22-19-23(18)10-11(2)26-19/h4-9,11,17-18,24H,3,10H2,1-2H3/t11-,17-,18+/m0/s1. The van der Waals surface area contributed by atoms with E-state index in [1.165, 1.54) is 0 Å². The number of hydrogen-bond acceptors (Lipinski definition) is 6. The summed E-state index contributed by atoms with van der Waals surface area (Å²) < 4.78 is 6.47. The van der Waals surface area contributed by atoms with Crippen LogP contribution in [0.15, 0.2) is 46.0 Å². The van der Waals surface area contributed by atoms with Crippen LogP contribution in [0.4, 0.5) is 0 Å². The Hall–Kier alpha value is -1.73. The van der Waals surface area contributed by atoms with E-state index in [0.29, 0.717) is 17.6 Å². The second-order valence-electron chi connectivity index (χ2n) is 6.41. The molecule has 0 aliphatic carbocycles. The van der Waals surface area contributed by atoms with Gasteiger partial charge in [-0.1, -0.05) is 40.7 Å². The molecule has 2 aliphatic rings. The number of aromatic hydroxyl groups is 1. The first kappa shape index (κ1) is 17.7. The molecule has 0 unspecified atom stereocenters. The monoisotopic (exact) mass is 433 g/mol. The Morgan fingerprint density at radius 1 is 1.38 bits per heavy atom. The fourth-order valence-corrected chi connectivity index (χ4v) is 5.17. The third kappa shape index (κ3) is 3.07. The number of nitrogens with zero attached hydrogens (tertiary/aromatic N) is 3. The predicted molar refractivity (Wildman–Crippen MR) is 108 cm³/mol. The third-order valence-electron chi connectivity index (χ3n) is 4.58. The lowest BCUT2D eigenvalue weighted by atomic mass is 9.96. The van der Waals surface area contributed by atoms with Gasteiger partial charge >= 0.3 is 0 Å². The number of phenolic OH excluding ortho intramolecular Hbond substituents is 1. The Bertz CT molecular complexity index is 846. The fraction of sp³-hybridized carbons (Fsp3) is 0.368. The van der Waals surface area contributed by atoms with Crippen molar-refractivity contribution >= 4 is 32.9 Å². The lowest BCUT2D eigenvalue weighted by Crippen LogP contribution is -2.28. The van der Waals surface area contributed by atoms with Crippen molar-refractivity contribution in [3.63, 3.8) is 0 Å². The first-order chi connectivity index (χ1) is 12.6. The molecule has 7 heteroatoms. The third-order valence-corrected chi connectivity index (χ3v) is 6.37. The quantitative estimate of drug-likeness (QED) is 0.766. The van der Waals surface area contributed by atoms with Crippen molar-refractivity contribution < 1.29 is 9.84 Å². The Morgan fingerprint density at radius 2 is 2.23 bits per heavy atom. The molecule has 1 N–H and O–H groups in total. The summed E-state index contributed by atoms with van der Waals surface area (Å²) in [7, 11) is 0. The molecule has 0 spiro atoms. The highest BCUT2D eigenvalue weighted by molar-refractivity contribution is 9.10. The molecule has 0 radical (unpaired) electrons. The van der Waals surface area contributed by atoms with E-state index in [2.05, 4.69) is 32.7 Å². The molecule has 2 aliphatic heterocycles. The van der Waals surface area contributed by atoms with Gasteiger partial charge in [0.2, 0.25) is 0 Å². The van der Waals surface area contributed by atoms with E-state index in [0.717, 1.165) is 27.4 Å². The van der Waals surface area contributed by atoms with Gasteiger partial charge in [-0.15, -0.1) is 0 Å². The molecule has 2 aromatic rings. The molecule has 0 amide bonds. The SMILES string of the molecule is CCOc1cc([C@@H]2[C@H](c3ccccn3)N=C3S[C@@H](C)CN32)c(Br)cc1O. The summed E-state index contributed by atoms with van der Waals surface area (Å²) in [5.74, 6) is 0.638. The topological polar surface area (TPSA) is 58.0 Å². The Labute approximate surface area is 165 Å². The van der Waals surface area contributed by atoms with Crippen LogP contribution in [0.1, 0.15) is 37.2 Å². The second-order valence-corrected chi connectivity index (χ2v) is 8.67. The summed E-state index contributed by atoms with van der Waals surface area (Å²) in [5.41, 5.74) is 2.00. The van der Waals surface area contributed by atoms with Crippen LogP contribution in [0.2, 0.25) is 0 Å². The number of aliphatic imine (C=N–C) groups is 1. The Balaban J connectivity index is 1.81. The number of thioether (sulfide) groups is 1. The number of benzene rings is 1. The lowest BCUT2D eigenvalue weighted by Gasteiger charge is -2.28. The van der Waals surface area contributed by atoms with Crippen LogP contribution >= 0.6 is 27.7 Å². The van der Waals surface area contributed by atoms with Crippen LogP contribution in [-0.4, -0.2) is 38.6 Å². The average Bonchev–Trinajstić information content (AvgIpc) is 3.14. The maximum atomic E-state index is 10.2. The maximum absolute atomic E-state index is 10.2. The maximum Gasteiger partial charge on any atom is 0.161 e. The van der Waals surface area contributed by atoms with Crippen molar-refractivity contribution in [3.8, 4) is 11.5 Å². The zero-order valence-corrected chi connectivity index (χ0v) is 17.0. The van der Waals surface area contributed by atoms with Crippen molar-refractivity contribution in [1.29, 1.82) is 0 Å². The van der Waals surface area contributed by atoms with Crippen molar-refractivity contribution in [2.45, 2.75) is 31.2 Å². The van der Waals surface area contributed by atoms with Gasteiger partial charge in [0.15, 0.2) is 16.7 Å². The number of pyridine rings is 1. The first-order valence-electron chi connectivity index (χ1n) is 8.65. The van der Waals surface area contributed by atoms with E-state index >= 15 is 0 Å². The number of aromatic nitrogens is 1. The number of rotatable bonds is 4. The van der Waals surface area contributed by atoms with Gasteiger partial charge in [0.1, 0.15) is 6.04 Å². The van der Waals surface area contributed by atoms with E-state index in [4.69, 9.17) is 9.73 Å². The Kier molecular flexibility index (Phi) is 4.84. The molecular weight excluding hydrogens is 414 g/mol. The fourth-order valence-electron chi connectivity index (χ4n) is 3.51. The van der Waals surface area contributed by atoms with Gasteiger partial charge in [-0.25, -0.2) is 0 Å². The number of ether oxygens (including phenoxy) is 1. The molecule has 4 rings (SSSR count). The van der Waals surface area contributed by atoms with Gasteiger partial charge in [0.25, 0.3) is 0 Å². The van der Waals surface area contributed by atoms with Gasteiger partial charge in [-0.2, -0.15) is 0 Å². The van der Waals surface area contributed by atoms with Crippen LogP contribution in [0.3, 0.4) is 0 Å². The lowest BCUT2D eigenvalue weighted by molar-refractivity contribution is 0.306. The summed E-state index contributed by atoms with van der Waals surface area (Å²) in [6, 6.07) is 9.51. The van der Waals surface area contributed by atoms with Crippen LogP contribution in [-0.2, 0) is 0 Å². The van der Waals surface area contributed by atoms with Gasteiger partial charge < -0.3 is 14.7 Å². The van der Waals surface area contributed by atoms with E-state index in [9.17, 15) is 5.11 Å². The number of amidine groups is 1. The minimum absolute atomic E-state index is 0.0199. The number of phenols is 1. The molecule has 0 saturated carbocycles. The zero-order valence-electron chi connectivity index (χ0n) is 14.6. The summed E-state index contributed by atoms with van der Waals surface area (Å²) >= 11 is 5.44. The van der Waals surface area contributed by atoms with Crippen molar-refractivity contribution in [3.05, 3.63) is 52.3 Å². The van der Waals surface area contributed by atoms with Gasteiger partial charge in [-0.05, 0) is 36.8 Å². The highest BCUT2D eigenvalue weighted by atomic mass is 79.9. The van der Waals surface area contributed by atoms with Gasteiger partial charge in [-0.3, -0.25) is 9.98 Å². The number of hydrogen-bond donors (Lipinski definition) is 1. The molecule has 1 aromatic carbocycles. The van der Waals surface area contributed by atoms with Crippen LogP contribution in [0, 0.1) is 0 Å². The smallest absolute Gasteiger partial charge is 0.161 e. The van der Waals surface area contributed by atoms with E-state index < -0.39 is 0 Å². The average molecular weight is 434 g/mol. The molecule has 1 saturated heterocycles. The molecule has 3 heterocycles. The van der Waals surface area contributed by atoms with Crippen molar-refractivity contribution in [1.82, 2.24) is 9.88 Å². The molecule has 5 nitrogen and oxygen atoms in total. The minimum Gasteiger partial charge on any atom is -0.504 e. The molecule has 136 valence electrons. The van der Waals surface area contributed by atoms with E-state index in [1.807, 2.05) is 49.1 Å². The van der Waals surface area contributed by atoms with Gasteiger partial charge in [0.05, 0.1) is 18.3 Å². The predicted octanol–water partition coefficient (Wildman–Crippen LogP) is 4.54. The molecular formula is C19H20BrN3O2S. The summed E-state index contributed by atoms with van der Waals surface area (Å²) in [5, 5.41) is 11.8. The molecule has 1 aromatic heterocycles. The highest BCUT2D eigenvalue weighted by Crippen LogP contribution is 2.50. The van der Waals surface area contributed by atoms with E-state index in [1.54, 1.807) is 6.07 Å². The second kappa shape index (κ2) is 7.12. The number of halogens is 1. The summed E-state index contributed by atoms with van der Waals surface area (Å²) in [6.07, 6.45) is 1.81. The molecule has 26 heavy (non-hydrogen) atoms. The first-order valence-corrected chi connectivity index (χ1v) is 10.3. The molecule has 3 atom stereocenters. The van der Waals surface area contributed by atoms with E-state index in [-0.39, 0.29) is 17.8 Å². The summed E-state index contributed by atoms with van der Waals surface area (Å²) in [6.45, 7) is 5.57.